The highest BCUT2D eigenvalue weighted by atomic mass is 16.1. The van der Waals surface area contributed by atoms with Crippen LogP contribution in [0.25, 0.3) is 0 Å². The molecule has 2 rings (SSSR count). The number of amides is 1. The molecule has 0 heterocycles. The van der Waals surface area contributed by atoms with E-state index >= 15 is 0 Å². The molecule has 0 aromatic heterocycles. The van der Waals surface area contributed by atoms with E-state index in [0.717, 1.165) is 12.8 Å². The molecule has 1 aliphatic rings. The summed E-state index contributed by atoms with van der Waals surface area (Å²) in [7, 11) is 0. The van der Waals surface area contributed by atoms with Crippen LogP contribution in [0.4, 0.5) is 0 Å². The van der Waals surface area contributed by atoms with Gasteiger partial charge in [-0.3, -0.25) is 4.79 Å². The van der Waals surface area contributed by atoms with E-state index in [1.165, 1.54) is 5.56 Å². The third-order valence-corrected chi connectivity index (χ3v) is 3.84. The Labute approximate surface area is 115 Å². The van der Waals surface area contributed by atoms with E-state index < -0.39 is 0 Å². The van der Waals surface area contributed by atoms with Crippen LogP contribution in [0, 0.1) is 5.92 Å². The molecule has 0 saturated carbocycles. The first-order chi connectivity index (χ1) is 9.08. The Morgan fingerprint density at radius 2 is 2.05 bits per heavy atom. The van der Waals surface area contributed by atoms with Crippen LogP contribution in [0.1, 0.15) is 38.7 Å². The van der Waals surface area contributed by atoms with Crippen molar-refractivity contribution >= 4 is 5.91 Å². The number of benzene rings is 1. The molecule has 19 heavy (non-hydrogen) atoms. The summed E-state index contributed by atoms with van der Waals surface area (Å²) in [4.78, 5) is 11.9. The Balaban J connectivity index is 1.83. The van der Waals surface area contributed by atoms with Crippen molar-refractivity contribution < 1.29 is 4.79 Å². The first-order valence-electron chi connectivity index (χ1n) is 7.07. The van der Waals surface area contributed by atoms with E-state index in [0.29, 0.717) is 18.9 Å². The molecule has 1 aromatic rings. The van der Waals surface area contributed by atoms with Crippen LogP contribution >= 0.6 is 0 Å². The first kappa shape index (κ1) is 13.9. The molecule has 1 aliphatic carbocycles. The predicted octanol–water partition coefficient (Wildman–Crippen LogP) is 3.44. The van der Waals surface area contributed by atoms with Gasteiger partial charge in [0.1, 0.15) is 0 Å². The molecule has 102 valence electrons. The molecule has 0 unspecified atom stereocenters. The monoisotopic (exact) mass is 257 g/mol. The van der Waals surface area contributed by atoms with E-state index in [4.69, 9.17) is 0 Å². The fraction of sp³-hybridized carbons (Fsp3) is 0.471. The average molecular weight is 257 g/mol. The van der Waals surface area contributed by atoms with Crippen molar-refractivity contribution in [2.24, 2.45) is 5.92 Å². The Hall–Kier alpha value is -1.57. The van der Waals surface area contributed by atoms with Gasteiger partial charge in [0.2, 0.25) is 5.91 Å². The predicted molar refractivity (Wildman–Crippen MR) is 79.0 cm³/mol. The summed E-state index contributed by atoms with van der Waals surface area (Å²) >= 11 is 0. The summed E-state index contributed by atoms with van der Waals surface area (Å²) in [5.41, 5.74) is 1.23. The normalized spacial score (nSPS) is 18.5. The lowest BCUT2D eigenvalue weighted by Crippen LogP contribution is -2.37. The number of nitrogens with one attached hydrogen (secondary N) is 1. The Morgan fingerprint density at radius 1 is 1.32 bits per heavy atom. The van der Waals surface area contributed by atoms with E-state index in [2.05, 4.69) is 43.4 Å². The summed E-state index contributed by atoms with van der Waals surface area (Å²) in [6, 6.07) is 10.3. The number of carbonyl (C=O) groups is 1. The molecule has 0 spiro atoms. The fourth-order valence-corrected chi connectivity index (χ4v) is 2.49. The maximum absolute atomic E-state index is 11.9. The second kappa shape index (κ2) is 6.05. The highest BCUT2D eigenvalue weighted by molar-refractivity contribution is 5.76. The molecule has 0 aliphatic heterocycles. The molecule has 0 saturated heterocycles. The van der Waals surface area contributed by atoms with Gasteiger partial charge in [-0.2, -0.15) is 0 Å². The summed E-state index contributed by atoms with van der Waals surface area (Å²) in [6.07, 6.45) is 7.21. The molecule has 1 atom stereocenters. The molecular weight excluding hydrogens is 234 g/mol. The van der Waals surface area contributed by atoms with Crippen molar-refractivity contribution in [2.75, 3.05) is 6.54 Å². The molecule has 0 fully saturated rings. The van der Waals surface area contributed by atoms with Gasteiger partial charge < -0.3 is 5.32 Å². The van der Waals surface area contributed by atoms with Crippen LogP contribution in [-0.2, 0) is 10.2 Å². The first-order valence-corrected chi connectivity index (χ1v) is 7.07. The quantitative estimate of drug-likeness (QED) is 0.804. The second-order valence-electron chi connectivity index (χ2n) is 6.00. The van der Waals surface area contributed by atoms with Gasteiger partial charge in [-0.1, -0.05) is 56.3 Å². The molecular formula is C17H23NO. The highest BCUT2D eigenvalue weighted by Gasteiger charge is 2.22. The van der Waals surface area contributed by atoms with Crippen molar-refractivity contribution in [3.8, 4) is 0 Å². The number of hydrogen-bond donors (Lipinski definition) is 1. The number of rotatable bonds is 5. The van der Waals surface area contributed by atoms with E-state index in [-0.39, 0.29) is 11.3 Å². The standard InChI is InChI=1S/C17H23NO/c1-17(2,15-10-4-3-5-11-15)13-18-16(19)12-14-8-6-7-9-14/h3-6,8,10-11,14H,7,9,12-13H2,1-2H3,(H,18,19)/t14-/m1/s1. The van der Waals surface area contributed by atoms with Gasteiger partial charge in [-0.05, 0) is 24.3 Å². The van der Waals surface area contributed by atoms with Crippen molar-refractivity contribution in [1.82, 2.24) is 5.32 Å². The van der Waals surface area contributed by atoms with Gasteiger partial charge in [0.05, 0.1) is 0 Å². The third-order valence-electron chi connectivity index (χ3n) is 3.84. The van der Waals surface area contributed by atoms with Crippen LogP contribution in [0.5, 0.6) is 0 Å². The zero-order valence-corrected chi connectivity index (χ0v) is 11.9. The van der Waals surface area contributed by atoms with Gasteiger partial charge >= 0.3 is 0 Å². The Bertz CT molecular complexity index is 448. The number of allylic oxidation sites excluding steroid dienone is 2. The van der Waals surface area contributed by atoms with Gasteiger partial charge in [-0.15, -0.1) is 0 Å². The minimum Gasteiger partial charge on any atom is -0.355 e. The van der Waals surface area contributed by atoms with Gasteiger partial charge in [-0.25, -0.2) is 0 Å². The van der Waals surface area contributed by atoms with E-state index in [9.17, 15) is 4.79 Å². The number of carbonyl (C=O) groups excluding carboxylic acids is 1. The maximum Gasteiger partial charge on any atom is 0.220 e. The second-order valence-corrected chi connectivity index (χ2v) is 6.00. The van der Waals surface area contributed by atoms with Crippen LogP contribution in [0.2, 0.25) is 0 Å². The lowest BCUT2D eigenvalue weighted by Gasteiger charge is -2.26. The Kier molecular flexibility index (Phi) is 4.41. The molecule has 0 bridgehead atoms. The third kappa shape index (κ3) is 3.95. The van der Waals surface area contributed by atoms with Crippen LogP contribution in [0.3, 0.4) is 0 Å². The zero-order valence-electron chi connectivity index (χ0n) is 11.9. The Morgan fingerprint density at radius 3 is 2.68 bits per heavy atom. The summed E-state index contributed by atoms with van der Waals surface area (Å²) in [5, 5.41) is 3.08. The van der Waals surface area contributed by atoms with Crippen molar-refractivity contribution in [1.29, 1.82) is 0 Å². The molecule has 1 amide bonds. The summed E-state index contributed by atoms with van der Waals surface area (Å²) in [6.45, 7) is 5.02. The van der Waals surface area contributed by atoms with Gasteiger partial charge in [0.25, 0.3) is 0 Å². The highest BCUT2D eigenvalue weighted by Crippen LogP contribution is 2.23. The largest absolute Gasteiger partial charge is 0.355 e. The molecule has 2 nitrogen and oxygen atoms in total. The van der Waals surface area contributed by atoms with Crippen molar-refractivity contribution in [3.05, 3.63) is 48.0 Å². The lowest BCUT2D eigenvalue weighted by atomic mass is 9.84. The van der Waals surface area contributed by atoms with Crippen molar-refractivity contribution in [3.63, 3.8) is 0 Å². The van der Waals surface area contributed by atoms with E-state index in [1.54, 1.807) is 0 Å². The lowest BCUT2D eigenvalue weighted by molar-refractivity contribution is -0.121. The molecule has 1 N–H and O–H groups in total. The number of hydrogen-bond acceptors (Lipinski definition) is 1. The topological polar surface area (TPSA) is 29.1 Å². The SMILES string of the molecule is CC(C)(CNC(=O)C[C@@H]1C=CCC1)c1ccccc1. The van der Waals surface area contributed by atoms with Crippen molar-refractivity contribution in [2.45, 2.75) is 38.5 Å². The molecule has 2 heteroatoms. The smallest absolute Gasteiger partial charge is 0.220 e. The fourth-order valence-electron chi connectivity index (χ4n) is 2.49. The average Bonchev–Trinajstić information content (AvgIpc) is 2.90. The van der Waals surface area contributed by atoms with Gasteiger partial charge in [0.15, 0.2) is 0 Å². The van der Waals surface area contributed by atoms with Crippen LogP contribution in [-0.4, -0.2) is 12.5 Å². The minimum absolute atomic E-state index is 0.0254. The summed E-state index contributed by atoms with van der Waals surface area (Å²) < 4.78 is 0. The zero-order chi connectivity index (χ0) is 13.7. The van der Waals surface area contributed by atoms with Crippen LogP contribution in [0.15, 0.2) is 42.5 Å². The molecule has 1 aromatic carbocycles. The van der Waals surface area contributed by atoms with Crippen LogP contribution < -0.4 is 5.32 Å². The molecule has 0 radical (unpaired) electrons. The van der Waals surface area contributed by atoms with Gasteiger partial charge in [0, 0.05) is 18.4 Å². The minimum atomic E-state index is -0.0254. The summed E-state index contributed by atoms with van der Waals surface area (Å²) in [5.74, 6) is 0.611. The van der Waals surface area contributed by atoms with E-state index in [1.807, 2.05) is 18.2 Å². The maximum atomic E-state index is 11.9.